The third kappa shape index (κ3) is 4.79. The Morgan fingerprint density at radius 2 is 1.82 bits per heavy atom. The van der Waals surface area contributed by atoms with Crippen molar-refractivity contribution in [3.8, 4) is 0 Å². The normalized spacial score (nSPS) is 23.0. The average molecular weight is 427 g/mol. The number of amides is 1. The molecule has 3 rings (SSSR count). The van der Waals surface area contributed by atoms with Crippen LogP contribution in [-0.4, -0.2) is 42.3 Å². The molecule has 1 saturated carbocycles. The molecule has 0 spiro atoms. The molecule has 0 saturated heterocycles. The van der Waals surface area contributed by atoms with Gasteiger partial charge in [0.1, 0.15) is 18.2 Å². The van der Waals surface area contributed by atoms with E-state index in [1.165, 1.54) is 24.3 Å². The number of sulfone groups is 1. The van der Waals surface area contributed by atoms with Gasteiger partial charge >= 0.3 is 0 Å². The van der Waals surface area contributed by atoms with Crippen molar-refractivity contribution in [3.63, 3.8) is 0 Å². The Morgan fingerprint density at radius 1 is 1.21 bits per heavy atom. The number of carbonyl (C=O) groups excluding carboxylic acids is 1. The number of allylic oxidation sites excluding steroid dienone is 1. The third-order valence-electron chi connectivity index (χ3n) is 4.44. The molecule has 2 aromatic rings. The van der Waals surface area contributed by atoms with E-state index in [2.05, 4.69) is 14.7 Å². The van der Waals surface area contributed by atoms with Crippen molar-refractivity contribution in [3.05, 3.63) is 41.7 Å². The molecule has 1 heterocycles. The number of alkyl halides is 2. The van der Waals surface area contributed by atoms with Crippen molar-refractivity contribution in [1.29, 1.82) is 0 Å². The monoisotopic (exact) mass is 427 g/mol. The molecule has 1 fully saturated rings. The van der Waals surface area contributed by atoms with E-state index in [0.717, 1.165) is 17.8 Å². The molecule has 3 atom stereocenters. The number of nitrogens with zero attached hydrogens (tertiary/aromatic N) is 2. The fraction of sp³-hybridized carbons (Fsp3) is 0.389. The van der Waals surface area contributed by atoms with E-state index in [9.17, 15) is 22.0 Å². The Labute approximate surface area is 165 Å². The largest absolute Gasteiger partial charge is 0.297 e. The molecule has 0 radical (unpaired) electrons. The number of aryl methyl sites for hydroxylation is 1. The van der Waals surface area contributed by atoms with Crippen molar-refractivity contribution in [2.75, 3.05) is 11.6 Å². The molecule has 1 aromatic carbocycles. The van der Waals surface area contributed by atoms with Crippen LogP contribution >= 0.6 is 11.5 Å². The fourth-order valence-electron chi connectivity index (χ4n) is 3.04. The first-order valence-electron chi connectivity index (χ1n) is 8.55. The molecule has 6 nitrogen and oxygen atoms in total. The summed E-state index contributed by atoms with van der Waals surface area (Å²) in [6, 6.07) is 5.79. The molecular weight excluding hydrogens is 408 g/mol. The van der Waals surface area contributed by atoms with E-state index in [1.807, 2.05) is 0 Å². The van der Waals surface area contributed by atoms with Crippen LogP contribution in [0.3, 0.4) is 0 Å². The number of nitrogens with one attached hydrogen (secondary N) is 1. The number of carbonyl (C=O) groups is 1. The minimum atomic E-state index is -3.38. The second-order valence-electron chi connectivity index (χ2n) is 6.74. The molecule has 1 unspecified atom stereocenters. The van der Waals surface area contributed by atoms with Crippen molar-refractivity contribution in [2.24, 2.45) is 5.92 Å². The molecule has 10 heteroatoms. The highest BCUT2D eigenvalue weighted by Crippen LogP contribution is 2.34. The van der Waals surface area contributed by atoms with Gasteiger partial charge in [0.15, 0.2) is 9.84 Å². The molecule has 0 aliphatic heterocycles. The van der Waals surface area contributed by atoms with Crippen LogP contribution in [0.4, 0.5) is 13.9 Å². The zero-order chi connectivity index (χ0) is 20.5. The van der Waals surface area contributed by atoms with Gasteiger partial charge in [0, 0.05) is 23.4 Å². The van der Waals surface area contributed by atoms with Crippen LogP contribution in [0, 0.1) is 12.8 Å². The summed E-state index contributed by atoms with van der Waals surface area (Å²) in [5.41, 5.74) is 0.656. The van der Waals surface area contributed by atoms with Crippen molar-refractivity contribution in [2.45, 2.75) is 37.0 Å². The third-order valence-corrected chi connectivity index (χ3v) is 6.29. The first kappa shape index (κ1) is 20.5. The lowest BCUT2D eigenvalue weighted by molar-refractivity contribution is -0.111. The standard InChI is InChI=1S/C18H19F2N3O3S2/c1-10-21-18(27-23-10)22-17(24)14(7-11-8-15(19)16(20)9-11)12-3-5-13(6-4-12)28(2,25)26/h3-7,11,15-16H,8-9H2,1-2H3,(H,21,22,23,24)/b14-7+/t11?,15-,16+. The fourth-order valence-corrected chi connectivity index (χ4v) is 4.24. The van der Waals surface area contributed by atoms with Crippen LogP contribution in [0.5, 0.6) is 0 Å². The highest BCUT2D eigenvalue weighted by atomic mass is 32.2. The molecule has 1 amide bonds. The molecule has 1 aliphatic rings. The average Bonchev–Trinajstić information content (AvgIpc) is 3.17. The lowest BCUT2D eigenvalue weighted by atomic mass is 9.98. The van der Waals surface area contributed by atoms with E-state index < -0.39 is 34.0 Å². The van der Waals surface area contributed by atoms with Gasteiger partial charge < -0.3 is 0 Å². The second kappa shape index (κ2) is 8.04. The number of rotatable bonds is 5. The zero-order valence-corrected chi connectivity index (χ0v) is 16.9. The molecular formula is C18H19F2N3O3S2. The van der Waals surface area contributed by atoms with Crippen LogP contribution in [0.25, 0.3) is 5.57 Å². The van der Waals surface area contributed by atoms with Gasteiger partial charge in [-0.3, -0.25) is 10.1 Å². The van der Waals surface area contributed by atoms with Gasteiger partial charge in [-0.25, -0.2) is 22.2 Å². The van der Waals surface area contributed by atoms with Gasteiger partial charge in [-0.05, 0) is 43.4 Å². The summed E-state index contributed by atoms with van der Waals surface area (Å²) >= 11 is 1.02. The van der Waals surface area contributed by atoms with E-state index in [0.29, 0.717) is 16.5 Å². The number of anilines is 1. The quantitative estimate of drug-likeness (QED) is 0.739. The number of aromatic nitrogens is 2. The summed E-state index contributed by atoms with van der Waals surface area (Å²) < 4.78 is 54.4. The molecule has 150 valence electrons. The lowest BCUT2D eigenvalue weighted by Crippen LogP contribution is -2.15. The van der Waals surface area contributed by atoms with Gasteiger partial charge in [0.25, 0.3) is 5.91 Å². The maximum Gasteiger partial charge on any atom is 0.257 e. The highest BCUT2D eigenvalue weighted by molar-refractivity contribution is 7.90. The highest BCUT2D eigenvalue weighted by Gasteiger charge is 2.34. The molecule has 1 aromatic heterocycles. The van der Waals surface area contributed by atoms with Crippen LogP contribution in [-0.2, 0) is 14.6 Å². The van der Waals surface area contributed by atoms with Gasteiger partial charge in [0.2, 0.25) is 5.13 Å². The van der Waals surface area contributed by atoms with Gasteiger partial charge in [-0.1, -0.05) is 18.2 Å². The van der Waals surface area contributed by atoms with Crippen LogP contribution < -0.4 is 5.32 Å². The minimum Gasteiger partial charge on any atom is -0.297 e. The number of halogens is 2. The van der Waals surface area contributed by atoms with Crippen LogP contribution in [0.15, 0.2) is 35.2 Å². The number of hydrogen-bond acceptors (Lipinski definition) is 6. The molecule has 1 N–H and O–H groups in total. The summed E-state index contributed by atoms with van der Waals surface area (Å²) in [6.07, 6.45) is -0.475. The predicted octanol–water partition coefficient (Wildman–Crippen LogP) is 3.36. The van der Waals surface area contributed by atoms with Crippen LogP contribution in [0.2, 0.25) is 0 Å². The number of hydrogen-bond donors (Lipinski definition) is 1. The van der Waals surface area contributed by atoms with Gasteiger partial charge in [-0.2, -0.15) is 4.37 Å². The van der Waals surface area contributed by atoms with Crippen LogP contribution in [0.1, 0.15) is 24.2 Å². The Hall–Kier alpha value is -2.20. The van der Waals surface area contributed by atoms with Crippen molar-refractivity contribution in [1.82, 2.24) is 9.36 Å². The first-order chi connectivity index (χ1) is 13.1. The maximum absolute atomic E-state index is 13.6. The minimum absolute atomic E-state index is 0.00269. The molecule has 28 heavy (non-hydrogen) atoms. The van der Waals surface area contributed by atoms with E-state index in [1.54, 1.807) is 13.0 Å². The Balaban J connectivity index is 1.93. The summed E-state index contributed by atoms with van der Waals surface area (Å²) in [5.74, 6) is -0.419. The summed E-state index contributed by atoms with van der Waals surface area (Å²) in [6.45, 7) is 1.69. The van der Waals surface area contributed by atoms with E-state index in [4.69, 9.17) is 0 Å². The van der Waals surface area contributed by atoms with Crippen molar-refractivity contribution >= 4 is 38.0 Å². The van der Waals surface area contributed by atoms with Crippen molar-refractivity contribution < 1.29 is 22.0 Å². The Morgan fingerprint density at radius 3 is 2.32 bits per heavy atom. The SMILES string of the molecule is Cc1nsc(NC(=O)/C(=C/C2C[C@@H](F)[C@@H](F)C2)c2ccc(S(C)(=O)=O)cc2)n1. The maximum atomic E-state index is 13.6. The second-order valence-corrected chi connectivity index (χ2v) is 9.51. The smallest absolute Gasteiger partial charge is 0.257 e. The van der Waals surface area contributed by atoms with Gasteiger partial charge in [0.05, 0.1) is 4.90 Å². The summed E-state index contributed by atoms with van der Waals surface area (Å²) in [7, 11) is -3.38. The van der Waals surface area contributed by atoms with E-state index in [-0.39, 0.29) is 23.3 Å². The van der Waals surface area contributed by atoms with Gasteiger partial charge in [-0.15, -0.1) is 0 Å². The van der Waals surface area contributed by atoms with E-state index >= 15 is 0 Å². The number of benzene rings is 1. The Kier molecular flexibility index (Phi) is 5.90. The lowest BCUT2D eigenvalue weighted by Gasteiger charge is -2.11. The predicted molar refractivity (Wildman–Crippen MR) is 103 cm³/mol. The molecule has 1 aliphatic carbocycles. The Bertz CT molecular complexity index is 993. The first-order valence-corrected chi connectivity index (χ1v) is 11.2. The molecule has 0 bridgehead atoms. The zero-order valence-electron chi connectivity index (χ0n) is 15.2. The topological polar surface area (TPSA) is 89.0 Å². The summed E-state index contributed by atoms with van der Waals surface area (Å²) in [4.78, 5) is 17.0. The summed E-state index contributed by atoms with van der Waals surface area (Å²) in [5, 5.41) is 2.94.